The van der Waals surface area contributed by atoms with E-state index in [-0.39, 0.29) is 20.1 Å². The monoisotopic (exact) mass is 753 g/mol. The second-order valence-electron chi connectivity index (χ2n) is 10.6. The van der Waals surface area contributed by atoms with Crippen LogP contribution in [-0.4, -0.2) is 23.5 Å². The number of benzene rings is 4. The minimum absolute atomic E-state index is 0. The van der Waals surface area contributed by atoms with Crippen LogP contribution in [0.3, 0.4) is 0 Å². The molecule has 0 N–H and O–H groups in total. The fourth-order valence-corrected chi connectivity index (χ4v) is 7.13. The molecule has 0 aliphatic carbocycles. The van der Waals surface area contributed by atoms with Crippen LogP contribution >= 0.6 is 11.5 Å². The molecule has 7 nitrogen and oxygen atoms in total. The maximum Gasteiger partial charge on any atom is 0.190 e. The fraction of sp³-hybridized carbons (Fsp3) is 0.0294. The van der Waals surface area contributed by atoms with E-state index in [2.05, 4.69) is 92.9 Å². The van der Waals surface area contributed by atoms with Crippen molar-refractivity contribution < 1.29 is 28.9 Å². The molecular formula is C34H18IrN5O2S-. The van der Waals surface area contributed by atoms with Gasteiger partial charge in [-0.2, -0.15) is 16.6 Å². The molecule has 0 atom stereocenters. The molecule has 0 fully saturated rings. The van der Waals surface area contributed by atoms with Crippen LogP contribution in [0.25, 0.3) is 87.4 Å². The Morgan fingerprint density at radius 3 is 2.53 bits per heavy atom. The molecule has 9 heteroatoms. The number of hydrogen-bond donors (Lipinski definition) is 0. The minimum atomic E-state index is 0. The van der Waals surface area contributed by atoms with Crippen LogP contribution in [0.15, 0.2) is 100.0 Å². The summed E-state index contributed by atoms with van der Waals surface area (Å²) in [7, 11) is 0. The van der Waals surface area contributed by atoms with Crippen molar-refractivity contribution in [2.24, 2.45) is 0 Å². The van der Waals surface area contributed by atoms with Gasteiger partial charge in [0, 0.05) is 59.8 Å². The summed E-state index contributed by atoms with van der Waals surface area (Å²) in [4.78, 5) is 4.67. The standard InChI is InChI=1S/C34H18N5O2S.Ir/c1-18-37-31-33(40-18)32-25(16-35-39(32)28-17-36-42-34(28)31)19-10-12-27-23(14-19)21-6-2-4-8-26(21)38(27)20-11-13-30-24(15-20)22-7-3-5-9-29(22)41-30;/h2-16H,1H3;/q-1;. The predicted molar refractivity (Wildman–Crippen MR) is 167 cm³/mol. The van der Waals surface area contributed by atoms with Gasteiger partial charge in [0.2, 0.25) is 0 Å². The summed E-state index contributed by atoms with van der Waals surface area (Å²) in [5.74, 6) is 0.612. The van der Waals surface area contributed by atoms with Crippen LogP contribution in [0.5, 0.6) is 0 Å². The topological polar surface area (TPSA) is 74.3 Å². The number of nitrogens with zero attached hydrogens (tertiary/aromatic N) is 5. The molecule has 0 amide bonds. The van der Waals surface area contributed by atoms with E-state index in [0.29, 0.717) is 11.5 Å². The fourth-order valence-electron chi connectivity index (χ4n) is 6.47. The Balaban J connectivity index is 0.00000260. The van der Waals surface area contributed by atoms with Crippen molar-refractivity contribution in [2.45, 2.75) is 6.92 Å². The third kappa shape index (κ3) is 3.29. The Labute approximate surface area is 260 Å². The van der Waals surface area contributed by atoms with Gasteiger partial charge in [-0.3, -0.25) is 4.52 Å². The third-order valence-corrected chi connectivity index (χ3v) is 9.00. The van der Waals surface area contributed by atoms with Gasteiger partial charge in [-0.25, -0.2) is 4.98 Å². The van der Waals surface area contributed by atoms with Crippen molar-refractivity contribution in [3.8, 4) is 16.8 Å². The van der Waals surface area contributed by atoms with Gasteiger partial charge in [-0.15, -0.1) is 6.20 Å². The molecule has 0 aliphatic rings. The summed E-state index contributed by atoms with van der Waals surface area (Å²) < 4.78 is 21.7. The molecule has 0 aliphatic heterocycles. The van der Waals surface area contributed by atoms with Crippen LogP contribution in [0.2, 0.25) is 0 Å². The SMILES string of the molecule is Cc1nc2c(o1)c1c(-c3ccc4c(c3)c3ccccc3n4-c3ccc4oc5ccccc5c4c3)cnn1c1[c-]nsc21.[Ir]. The van der Waals surface area contributed by atoms with E-state index in [1.165, 1.54) is 16.9 Å². The van der Waals surface area contributed by atoms with E-state index in [4.69, 9.17) is 13.9 Å². The van der Waals surface area contributed by atoms with Gasteiger partial charge >= 0.3 is 0 Å². The van der Waals surface area contributed by atoms with E-state index in [1.54, 1.807) is 0 Å². The maximum absolute atomic E-state index is 6.14. The van der Waals surface area contributed by atoms with Crippen molar-refractivity contribution >= 4 is 82.1 Å². The summed E-state index contributed by atoms with van der Waals surface area (Å²) in [6.45, 7) is 1.87. The van der Waals surface area contributed by atoms with Crippen LogP contribution in [0.1, 0.15) is 5.89 Å². The van der Waals surface area contributed by atoms with Gasteiger partial charge in [-0.1, -0.05) is 48.0 Å². The van der Waals surface area contributed by atoms with Crippen LogP contribution in [0.4, 0.5) is 0 Å². The molecule has 0 saturated carbocycles. The first-order valence-electron chi connectivity index (χ1n) is 13.6. The van der Waals surface area contributed by atoms with Gasteiger partial charge < -0.3 is 17.8 Å². The van der Waals surface area contributed by atoms with Crippen molar-refractivity contribution in [1.82, 2.24) is 23.5 Å². The molecule has 0 unspecified atom stereocenters. The minimum Gasteiger partial charge on any atom is -0.456 e. The van der Waals surface area contributed by atoms with Gasteiger partial charge in [0.05, 0.1) is 22.7 Å². The molecule has 0 bridgehead atoms. The largest absolute Gasteiger partial charge is 0.456 e. The van der Waals surface area contributed by atoms with E-state index >= 15 is 0 Å². The number of pyridine rings is 1. The Kier molecular flexibility index (Phi) is 5.09. The number of oxazole rings is 1. The number of furan rings is 1. The predicted octanol–water partition coefficient (Wildman–Crippen LogP) is 8.85. The van der Waals surface area contributed by atoms with Crippen molar-refractivity contribution in [3.63, 3.8) is 0 Å². The Hall–Kier alpha value is -4.82. The number of aryl methyl sites for hydroxylation is 1. The Morgan fingerprint density at radius 2 is 1.60 bits per heavy atom. The normalized spacial score (nSPS) is 12.1. The first-order chi connectivity index (χ1) is 20.7. The Morgan fingerprint density at radius 1 is 0.791 bits per heavy atom. The summed E-state index contributed by atoms with van der Waals surface area (Å²) in [6.07, 6.45) is 5.00. The van der Waals surface area contributed by atoms with E-state index in [9.17, 15) is 0 Å². The first-order valence-corrected chi connectivity index (χ1v) is 14.4. The zero-order valence-electron chi connectivity index (χ0n) is 22.5. The second-order valence-corrected chi connectivity index (χ2v) is 11.3. The number of hydrogen-bond acceptors (Lipinski definition) is 6. The van der Waals surface area contributed by atoms with Crippen LogP contribution in [-0.2, 0) is 20.1 Å². The molecule has 4 aromatic carbocycles. The number of rotatable bonds is 2. The molecule has 0 saturated heterocycles. The summed E-state index contributed by atoms with van der Waals surface area (Å²) >= 11 is 1.36. The first kappa shape index (κ1) is 24.7. The molecule has 6 aromatic heterocycles. The van der Waals surface area contributed by atoms with Gasteiger partial charge in [0.15, 0.2) is 11.5 Å². The third-order valence-electron chi connectivity index (χ3n) is 8.25. The molecule has 10 aromatic rings. The van der Waals surface area contributed by atoms with Crippen molar-refractivity contribution in [1.29, 1.82) is 0 Å². The maximum atomic E-state index is 6.14. The van der Waals surface area contributed by atoms with Gasteiger partial charge in [0.1, 0.15) is 16.7 Å². The van der Waals surface area contributed by atoms with Crippen LogP contribution < -0.4 is 0 Å². The van der Waals surface area contributed by atoms with E-state index < -0.39 is 0 Å². The number of fused-ring (bicyclic) bond motifs is 12. The van der Waals surface area contributed by atoms with Gasteiger partial charge in [-0.05, 0) is 52.7 Å². The quantitative estimate of drug-likeness (QED) is 0.165. The average molecular weight is 753 g/mol. The molecule has 10 rings (SSSR count). The molecule has 6 heterocycles. The molecule has 207 valence electrons. The molecule has 43 heavy (non-hydrogen) atoms. The number of aromatic nitrogens is 5. The van der Waals surface area contributed by atoms with E-state index in [0.717, 1.165) is 76.4 Å². The smallest absolute Gasteiger partial charge is 0.190 e. The molecular weight excluding hydrogens is 735 g/mol. The van der Waals surface area contributed by atoms with E-state index in [1.807, 2.05) is 29.8 Å². The van der Waals surface area contributed by atoms with Crippen molar-refractivity contribution in [2.75, 3.05) is 0 Å². The molecule has 0 spiro atoms. The second kappa shape index (κ2) is 8.84. The number of para-hydroxylation sites is 2. The molecule has 1 radical (unpaired) electrons. The Bertz CT molecular complexity index is 2730. The zero-order chi connectivity index (χ0) is 27.5. The van der Waals surface area contributed by atoms with Crippen LogP contribution in [0, 0.1) is 13.1 Å². The zero-order valence-corrected chi connectivity index (χ0v) is 25.7. The van der Waals surface area contributed by atoms with Gasteiger partial charge in [0.25, 0.3) is 0 Å². The summed E-state index contributed by atoms with van der Waals surface area (Å²) in [6, 6.07) is 29.8. The average Bonchev–Trinajstić information content (AvgIpc) is 3.83. The summed E-state index contributed by atoms with van der Waals surface area (Å²) in [5.41, 5.74) is 10.4. The van der Waals surface area contributed by atoms with Crippen molar-refractivity contribution in [3.05, 3.63) is 103 Å². The summed E-state index contributed by atoms with van der Waals surface area (Å²) in [5, 5.41) is 9.32.